The lowest BCUT2D eigenvalue weighted by atomic mass is 10.1. The van der Waals surface area contributed by atoms with Gasteiger partial charge in [0.05, 0.1) is 0 Å². The molecule has 21 heavy (non-hydrogen) atoms. The summed E-state index contributed by atoms with van der Waals surface area (Å²) in [4.78, 5) is 11.7. The number of para-hydroxylation sites is 1. The Morgan fingerprint density at radius 2 is 1.81 bits per heavy atom. The van der Waals surface area contributed by atoms with E-state index in [0.717, 1.165) is 27.5 Å². The second-order valence-electron chi connectivity index (χ2n) is 4.82. The molecule has 2 aromatic carbocycles. The minimum atomic E-state index is -0.211. The van der Waals surface area contributed by atoms with Crippen molar-refractivity contribution < 1.29 is 9.21 Å². The molecule has 4 nitrogen and oxygen atoms in total. The molecule has 102 valence electrons. The number of benzene rings is 2. The van der Waals surface area contributed by atoms with Crippen molar-refractivity contribution in [3.05, 3.63) is 53.7 Å². The first-order valence-corrected chi connectivity index (χ1v) is 6.87. The average Bonchev–Trinajstić information content (AvgIpc) is 2.99. The summed E-state index contributed by atoms with van der Waals surface area (Å²) in [6.45, 7) is 0. The standard InChI is InChI=1S/C16H10N2O2S/c19-15-12(17-16(21)18-15)8-9-5-6-14-11(7-9)10-3-1-2-4-13(10)20-14/h1-8H,(H2,17,18,19,21)/b12-8+. The van der Waals surface area contributed by atoms with Gasteiger partial charge in [-0.15, -0.1) is 0 Å². The summed E-state index contributed by atoms with van der Waals surface area (Å²) in [5.41, 5.74) is 3.05. The number of amides is 1. The Morgan fingerprint density at radius 3 is 2.62 bits per heavy atom. The minimum absolute atomic E-state index is 0.211. The summed E-state index contributed by atoms with van der Waals surface area (Å²) < 4.78 is 5.78. The number of carbonyl (C=O) groups excluding carboxylic acids is 1. The van der Waals surface area contributed by atoms with Gasteiger partial charge in [-0.25, -0.2) is 0 Å². The highest BCUT2D eigenvalue weighted by molar-refractivity contribution is 7.80. The van der Waals surface area contributed by atoms with Crippen molar-refractivity contribution >= 4 is 51.3 Å². The van der Waals surface area contributed by atoms with Crippen molar-refractivity contribution in [3.8, 4) is 0 Å². The fourth-order valence-corrected chi connectivity index (χ4v) is 2.69. The number of carbonyl (C=O) groups is 1. The van der Waals surface area contributed by atoms with Crippen LogP contribution < -0.4 is 10.6 Å². The number of thiocarbonyl (C=S) groups is 1. The zero-order valence-corrected chi connectivity index (χ0v) is 11.7. The number of fused-ring (bicyclic) bond motifs is 3. The molecule has 0 radical (unpaired) electrons. The molecule has 1 amide bonds. The van der Waals surface area contributed by atoms with Gasteiger partial charge in [-0.05, 0) is 42.1 Å². The first kappa shape index (κ1) is 12.1. The van der Waals surface area contributed by atoms with Crippen LogP contribution in [0.2, 0.25) is 0 Å². The second kappa shape index (κ2) is 4.43. The Hall–Kier alpha value is -2.66. The lowest BCUT2D eigenvalue weighted by Crippen LogP contribution is -2.21. The normalized spacial score (nSPS) is 16.7. The molecule has 2 N–H and O–H groups in total. The van der Waals surface area contributed by atoms with E-state index in [1.165, 1.54) is 0 Å². The van der Waals surface area contributed by atoms with Crippen molar-refractivity contribution in [3.63, 3.8) is 0 Å². The zero-order chi connectivity index (χ0) is 14.4. The van der Waals surface area contributed by atoms with Gasteiger partial charge in [0.15, 0.2) is 5.11 Å². The molecule has 1 aromatic heterocycles. The number of hydrogen-bond acceptors (Lipinski definition) is 3. The Bertz CT molecular complexity index is 940. The van der Waals surface area contributed by atoms with Gasteiger partial charge >= 0.3 is 0 Å². The van der Waals surface area contributed by atoms with Gasteiger partial charge in [0.1, 0.15) is 16.9 Å². The fraction of sp³-hybridized carbons (Fsp3) is 0. The third kappa shape index (κ3) is 1.98. The summed E-state index contributed by atoms with van der Waals surface area (Å²) >= 11 is 4.92. The molecular weight excluding hydrogens is 284 g/mol. The van der Waals surface area contributed by atoms with Crippen LogP contribution in [0.25, 0.3) is 28.0 Å². The molecule has 3 aromatic rings. The number of hydrogen-bond donors (Lipinski definition) is 2. The predicted molar refractivity (Wildman–Crippen MR) is 85.6 cm³/mol. The van der Waals surface area contributed by atoms with Crippen LogP contribution in [0.1, 0.15) is 5.56 Å². The molecule has 0 bridgehead atoms. The molecule has 1 fully saturated rings. The van der Waals surface area contributed by atoms with Crippen LogP contribution in [-0.2, 0) is 4.79 Å². The van der Waals surface area contributed by atoms with Crippen LogP contribution in [0.15, 0.2) is 52.6 Å². The van der Waals surface area contributed by atoms with Crippen molar-refractivity contribution in [2.24, 2.45) is 0 Å². The summed E-state index contributed by atoms with van der Waals surface area (Å²) in [7, 11) is 0. The fourth-order valence-electron chi connectivity index (χ4n) is 2.48. The molecular formula is C16H10N2O2S. The zero-order valence-electron chi connectivity index (χ0n) is 10.8. The van der Waals surface area contributed by atoms with Gasteiger partial charge in [0.25, 0.3) is 5.91 Å². The molecule has 4 rings (SSSR count). The molecule has 0 spiro atoms. The third-order valence-corrected chi connectivity index (χ3v) is 3.64. The van der Waals surface area contributed by atoms with Crippen molar-refractivity contribution in [1.82, 2.24) is 10.6 Å². The first-order chi connectivity index (χ1) is 10.2. The third-order valence-electron chi connectivity index (χ3n) is 3.43. The summed E-state index contributed by atoms with van der Waals surface area (Å²) in [5, 5.41) is 7.81. The van der Waals surface area contributed by atoms with Gasteiger partial charge in [-0.2, -0.15) is 0 Å². The molecule has 0 atom stereocenters. The van der Waals surface area contributed by atoms with Gasteiger partial charge in [0.2, 0.25) is 0 Å². The topological polar surface area (TPSA) is 54.3 Å². The van der Waals surface area contributed by atoms with Crippen LogP contribution >= 0.6 is 12.2 Å². The largest absolute Gasteiger partial charge is 0.456 e. The molecule has 2 heterocycles. The van der Waals surface area contributed by atoms with Gasteiger partial charge in [-0.1, -0.05) is 24.3 Å². The van der Waals surface area contributed by atoms with Crippen LogP contribution in [-0.4, -0.2) is 11.0 Å². The first-order valence-electron chi connectivity index (χ1n) is 6.46. The SMILES string of the molecule is O=C1NC(=S)N/C1=C/c1ccc2oc3ccccc3c2c1. The molecule has 1 aliphatic rings. The number of rotatable bonds is 1. The van der Waals surface area contributed by atoms with Crippen molar-refractivity contribution in [1.29, 1.82) is 0 Å². The van der Waals surface area contributed by atoms with E-state index >= 15 is 0 Å². The average molecular weight is 294 g/mol. The maximum Gasteiger partial charge on any atom is 0.273 e. The number of nitrogens with one attached hydrogen (secondary N) is 2. The Labute approximate surface area is 125 Å². The lowest BCUT2D eigenvalue weighted by molar-refractivity contribution is -0.115. The van der Waals surface area contributed by atoms with Gasteiger partial charge < -0.3 is 9.73 Å². The summed E-state index contributed by atoms with van der Waals surface area (Å²) in [6.07, 6.45) is 1.77. The van der Waals surface area contributed by atoms with Crippen molar-refractivity contribution in [2.75, 3.05) is 0 Å². The highest BCUT2D eigenvalue weighted by Crippen LogP contribution is 2.29. The van der Waals surface area contributed by atoms with Crippen LogP contribution in [0, 0.1) is 0 Å². The van der Waals surface area contributed by atoms with Crippen molar-refractivity contribution in [2.45, 2.75) is 0 Å². The van der Waals surface area contributed by atoms with E-state index in [1.54, 1.807) is 6.08 Å². The van der Waals surface area contributed by atoms with E-state index < -0.39 is 0 Å². The maximum absolute atomic E-state index is 11.7. The molecule has 0 saturated carbocycles. The van der Waals surface area contributed by atoms with E-state index in [-0.39, 0.29) is 5.91 Å². The van der Waals surface area contributed by atoms with E-state index in [9.17, 15) is 4.79 Å². The second-order valence-corrected chi connectivity index (χ2v) is 5.23. The monoisotopic (exact) mass is 294 g/mol. The van der Waals surface area contributed by atoms with Gasteiger partial charge in [0, 0.05) is 10.8 Å². The van der Waals surface area contributed by atoms with Crippen LogP contribution in [0.5, 0.6) is 0 Å². The van der Waals surface area contributed by atoms with E-state index in [1.807, 2.05) is 42.5 Å². The summed E-state index contributed by atoms with van der Waals surface area (Å²) in [5.74, 6) is -0.211. The quantitative estimate of drug-likeness (QED) is 0.535. The van der Waals surface area contributed by atoms with Crippen LogP contribution in [0.4, 0.5) is 0 Å². The van der Waals surface area contributed by atoms with Crippen LogP contribution in [0.3, 0.4) is 0 Å². The van der Waals surface area contributed by atoms with Gasteiger partial charge in [-0.3, -0.25) is 10.1 Å². The molecule has 1 aliphatic heterocycles. The van der Waals surface area contributed by atoms with E-state index in [0.29, 0.717) is 10.8 Å². The smallest absolute Gasteiger partial charge is 0.273 e. The maximum atomic E-state index is 11.7. The Balaban J connectivity index is 1.87. The lowest BCUT2D eigenvalue weighted by Gasteiger charge is -1.97. The van der Waals surface area contributed by atoms with E-state index in [4.69, 9.17) is 16.6 Å². The molecule has 1 saturated heterocycles. The Kier molecular flexibility index (Phi) is 2.55. The predicted octanol–water partition coefficient (Wildman–Crippen LogP) is 2.93. The molecule has 0 unspecified atom stereocenters. The number of furan rings is 1. The highest BCUT2D eigenvalue weighted by atomic mass is 32.1. The summed E-state index contributed by atoms with van der Waals surface area (Å²) in [6, 6.07) is 13.7. The molecule has 5 heteroatoms. The van der Waals surface area contributed by atoms with E-state index in [2.05, 4.69) is 10.6 Å². The Morgan fingerprint density at radius 1 is 1.00 bits per heavy atom. The highest BCUT2D eigenvalue weighted by Gasteiger charge is 2.19. The molecule has 0 aliphatic carbocycles. The minimum Gasteiger partial charge on any atom is -0.456 e.